The number of amides is 3. The van der Waals surface area contributed by atoms with E-state index < -0.39 is 11.9 Å². The second-order valence-electron chi connectivity index (χ2n) is 4.41. The lowest BCUT2D eigenvalue weighted by atomic mass is 10.1. The Kier molecular flexibility index (Phi) is 4.06. The fourth-order valence-corrected chi connectivity index (χ4v) is 2.56. The molecule has 112 valence electrons. The first-order valence-electron chi connectivity index (χ1n) is 6.42. The molecule has 2 N–H and O–H groups in total. The summed E-state index contributed by atoms with van der Waals surface area (Å²) >= 11 is 1.60. The number of benzene rings is 1. The minimum Gasteiger partial charge on any atom is -0.461 e. The van der Waals surface area contributed by atoms with E-state index in [0.717, 1.165) is 11.1 Å². The molecular formula is C15H12N2O4S. The summed E-state index contributed by atoms with van der Waals surface area (Å²) in [6.45, 7) is -0.0208. The quantitative estimate of drug-likeness (QED) is 0.913. The number of imide groups is 1. The number of ether oxygens (including phenoxy) is 2. The molecule has 0 spiro atoms. The molecule has 3 rings (SSSR count). The maximum Gasteiger partial charge on any atom is 0.326 e. The van der Waals surface area contributed by atoms with Gasteiger partial charge in [-0.2, -0.15) is 11.3 Å². The summed E-state index contributed by atoms with van der Waals surface area (Å²) in [6.07, 6.45) is 1.17. The van der Waals surface area contributed by atoms with Crippen molar-refractivity contribution in [3.8, 4) is 11.1 Å². The van der Waals surface area contributed by atoms with Gasteiger partial charge in [0.05, 0.1) is 0 Å². The van der Waals surface area contributed by atoms with E-state index in [9.17, 15) is 9.59 Å². The molecule has 0 saturated heterocycles. The van der Waals surface area contributed by atoms with Gasteiger partial charge in [0.25, 0.3) is 5.91 Å². The maximum atomic E-state index is 11.8. The minimum absolute atomic E-state index is 0.0208. The van der Waals surface area contributed by atoms with Crippen LogP contribution in [0.4, 0.5) is 10.5 Å². The molecule has 0 radical (unpaired) electrons. The second kappa shape index (κ2) is 6.31. The molecule has 1 aromatic heterocycles. The van der Waals surface area contributed by atoms with E-state index in [2.05, 4.69) is 10.6 Å². The largest absolute Gasteiger partial charge is 0.461 e. The van der Waals surface area contributed by atoms with Crippen LogP contribution in [-0.4, -0.2) is 18.7 Å². The van der Waals surface area contributed by atoms with Gasteiger partial charge in [-0.3, -0.25) is 10.1 Å². The van der Waals surface area contributed by atoms with Crippen LogP contribution in [0.15, 0.2) is 53.1 Å². The average molecular weight is 316 g/mol. The summed E-state index contributed by atoms with van der Waals surface area (Å²) in [5, 5.41) is 8.78. The Labute approximate surface area is 130 Å². The Morgan fingerprint density at radius 3 is 2.82 bits per heavy atom. The average Bonchev–Trinajstić information content (AvgIpc) is 3.21. The fourth-order valence-electron chi connectivity index (χ4n) is 1.89. The van der Waals surface area contributed by atoms with Gasteiger partial charge in [-0.25, -0.2) is 4.79 Å². The molecule has 0 atom stereocenters. The molecule has 1 aliphatic heterocycles. The van der Waals surface area contributed by atoms with Crippen LogP contribution < -0.4 is 10.6 Å². The third-order valence-corrected chi connectivity index (χ3v) is 3.58. The number of anilines is 1. The van der Waals surface area contributed by atoms with Crippen LogP contribution in [0.25, 0.3) is 11.1 Å². The highest BCUT2D eigenvalue weighted by molar-refractivity contribution is 7.08. The molecule has 22 heavy (non-hydrogen) atoms. The summed E-state index contributed by atoms with van der Waals surface area (Å²) < 4.78 is 9.64. The van der Waals surface area contributed by atoms with E-state index in [4.69, 9.17) is 9.47 Å². The predicted octanol–water partition coefficient (Wildman–Crippen LogP) is 2.91. The van der Waals surface area contributed by atoms with Crippen molar-refractivity contribution in [3.05, 3.63) is 53.1 Å². The third kappa shape index (κ3) is 3.26. The maximum absolute atomic E-state index is 11.8. The molecule has 0 unspecified atom stereocenters. The van der Waals surface area contributed by atoms with E-state index in [-0.39, 0.29) is 12.6 Å². The highest BCUT2D eigenvalue weighted by Gasteiger charge is 2.18. The topological polar surface area (TPSA) is 76.7 Å². The number of hydrogen-bond donors (Lipinski definition) is 2. The van der Waals surface area contributed by atoms with Gasteiger partial charge in [-0.15, -0.1) is 0 Å². The first kappa shape index (κ1) is 14.2. The molecule has 6 nitrogen and oxygen atoms in total. The number of thiophene rings is 1. The number of hydrogen-bond acceptors (Lipinski definition) is 5. The number of nitrogens with one attached hydrogen (secondary N) is 2. The van der Waals surface area contributed by atoms with Gasteiger partial charge >= 0.3 is 6.03 Å². The van der Waals surface area contributed by atoms with E-state index in [1.54, 1.807) is 17.4 Å². The van der Waals surface area contributed by atoms with Crippen LogP contribution in [0.5, 0.6) is 0 Å². The SMILES string of the molecule is O=C(NC(=O)C1=COCO1)Nc1cccc(-c2ccsc2)c1. The van der Waals surface area contributed by atoms with Gasteiger partial charge in [0.2, 0.25) is 12.6 Å². The van der Waals surface area contributed by atoms with E-state index in [0.29, 0.717) is 5.69 Å². The summed E-state index contributed by atoms with van der Waals surface area (Å²) in [6, 6.07) is 8.72. The van der Waals surface area contributed by atoms with Gasteiger partial charge in [-0.05, 0) is 40.1 Å². The molecule has 2 heterocycles. The molecule has 0 aliphatic carbocycles. The van der Waals surface area contributed by atoms with Gasteiger partial charge in [0.1, 0.15) is 6.26 Å². The standard InChI is InChI=1S/C15H12N2O4S/c18-14(13-7-20-9-21-13)17-15(19)16-12-3-1-2-10(6-12)11-4-5-22-8-11/h1-8H,9H2,(H2,16,17,18,19). The molecule has 3 amide bonds. The van der Waals surface area contributed by atoms with Crippen LogP contribution in [0.2, 0.25) is 0 Å². The van der Waals surface area contributed by atoms with Crippen molar-refractivity contribution < 1.29 is 19.1 Å². The first-order valence-corrected chi connectivity index (χ1v) is 7.36. The molecule has 1 aliphatic rings. The summed E-state index contributed by atoms with van der Waals surface area (Å²) in [7, 11) is 0. The van der Waals surface area contributed by atoms with Crippen molar-refractivity contribution in [1.29, 1.82) is 0 Å². The lowest BCUT2D eigenvalue weighted by Gasteiger charge is -2.08. The van der Waals surface area contributed by atoms with Crippen LogP contribution in [0.3, 0.4) is 0 Å². The number of rotatable bonds is 3. The molecular weight excluding hydrogens is 304 g/mol. The third-order valence-electron chi connectivity index (χ3n) is 2.90. The molecule has 0 bridgehead atoms. The normalized spacial score (nSPS) is 12.8. The Morgan fingerprint density at radius 2 is 2.09 bits per heavy atom. The fraction of sp³-hybridized carbons (Fsp3) is 0.0667. The van der Waals surface area contributed by atoms with E-state index in [1.165, 1.54) is 6.26 Å². The summed E-state index contributed by atoms with van der Waals surface area (Å²) in [4.78, 5) is 23.5. The number of carbonyl (C=O) groups excluding carboxylic acids is 2. The Balaban J connectivity index is 1.64. The van der Waals surface area contributed by atoms with Crippen LogP contribution in [0.1, 0.15) is 0 Å². The highest BCUT2D eigenvalue weighted by atomic mass is 32.1. The molecule has 2 aromatic rings. The van der Waals surface area contributed by atoms with Crippen molar-refractivity contribution in [1.82, 2.24) is 5.32 Å². The smallest absolute Gasteiger partial charge is 0.326 e. The van der Waals surface area contributed by atoms with Crippen molar-refractivity contribution in [3.63, 3.8) is 0 Å². The summed E-state index contributed by atoms with van der Waals surface area (Å²) in [5.41, 5.74) is 2.65. The van der Waals surface area contributed by atoms with Gasteiger partial charge in [-0.1, -0.05) is 12.1 Å². The Morgan fingerprint density at radius 1 is 1.18 bits per heavy atom. The predicted molar refractivity (Wildman–Crippen MR) is 82.0 cm³/mol. The minimum atomic E-state index is -0.649. The second-order valence-corrected chi connectivity index (χ2v) is 5.19. The van der Waals surface area contributed by atoms with Crippen molar-refractivity contribution >= 4 is 29.0 Å². The van der Waals surface area contributed by atoms with E-state index in [1.807, 2.05) is 35.0 Å². The van der Waals surface area contributed by atoms with E-state index >= 15 is 0 Å². The number of carbonyl (C=O) groups is 2. The highest BCUT2D eigenvalue weighted by Crippen LogP contribution is 2.24. The lowest BCUT2D eigenvalue weighted by Crippen LogP contribution is -2.35. The molecule has 1 aromatic carbocycles. The Hall–Kier alpha value is -2.80. The zero-order valence-corrected chi connectivity index (χ0v) is 12.2. The number of urea groups is 1. The van der Waals surface area contributed by atoms with Crippen LogP contribution in [-0.2, 0) is 14.3 Å². The van der Waals surface area contributed by atoms with Crippen molar-refractivity contribution in [2.75, 3.05) is 12.1 Å². The van der Waals surface area contributed by atoms with Crippen LogP contribution >= 0.6 is 11.3 Å². The molecule has 0 saturated carbocycles. The zero-order valence-electron chi connectivity index (χ0n) is 11.4. The van der Waals surface area contributed by atoms with Crippen molar-refractivity contribution in [2.45, 2.75) is 0 Å². The molecule has 7 heteroatoms. The van der Waals surface area contributed by atoms with Gasteiger partial charge in [0, 0.05) is 5.69 Å². The van der Waals surface area contributed by atoms with Gasteiger partial charge in [0.15, 0.2) is 0 Å². The summed E-state index contributed by atoms with van der Waals surface area (Å²) in [5.74, 6) is -0.675. The first-order chi connectivity index (χ1) is 10.7. The lowest BCUT2D eigenvalue weighted by molar-refractivity contribution is -0.119. The monoisotopic (exact) mass is 316 g/mol. The Bertz CT molecular complexity index is 725. The zero-order chi connectivity index (χ0) is 15.4. The van der Waals surface area contributed by atoms with Crippen molar-refractivity contribution in [2.24, 2.45) is 0 Å². The molecule has 0 fully saturated rings. The van der Waals surface area contributed by atoms with Crippen LogP contribution in [0, 0.1) is 0 Å². The van der Waals surface area contributed by atoms with Gasteiger partial charge < -0.3 is 14.8 Å².